The van der Waals surface area contributed by atoms with E-state index in [4.69, 9.17) is 0 Å². The summed E-state index contributed by atoms with van der Waals surface area (Å²) in [5.41, 5.74) is 5.25. The molecule has 132 valence electrons. The first-order valence-corrected chi connectivity index (χ1v) is 9.44. The SMILES string of the molecule is O=C(NCc1ccccc1)c1cc(-c2ccc(-c3cncnc3)cc2)cs1. The molecular weight excluding hydrogens is 354 g/mol. The maximum atomic E-state index is 12.4. The summed E-state index contributed by atoms with van der Waals surface area (Å²) in [6, 6.07) is 20.0. The molecule has 0 bridgehead atoms. The number of aromatic nitrogens is 2. The number of benzene rings is 2. The number of rotatable bonds is 5. The Morgan fingerprint density at radius 3 is 2.22 bits per heavy atom. The molecule has 0 fully saturated rings. The number of hydrogen-bond donors (Lipinski definition) is 1. The highest BCUT2D eigenvalue weighted by Crippen LogP contribution is 2.28. The first-order valence-electron chi connectivity index (χ1n) is 8.56. The molecule has 1 N–H and O–H groups in total. The van der Waals surface area contributed by atoms with Crippen molar-refractivity contribution in [3.8, 4) is 22.3 Å². The van der Waals surface area contributed by atoms with Gasteiger partial charge in [0, 0.05) is 24.5 Å². The Labute approximate surface area is 161 Å². The summed E-state index contributed by atoms with van der Waals surface area (Å²) < 4.78 is 0. The van der Waals surface area contributed by atoms with Crippen molar-refractivity contribution in [1.82, 2.24) is 15.3 Å². The maximum Gasteiger partial charge on any atom is 0.261 e. The van der Waals surface area contributed by atoms with Crippen LogP contribution < -0.4 is 5.32 Å². The van der Waals surface area contributed by atoms with E-state index in [9.17, 15) is 4.79 Å². The fourth-order valence-electron chi connectivity index (χ4n) is 2.78. The Balaban J connectivity index is 1.45. The van der Waals surface area contributed by atoms with Crippen molar-refractivity contribution in [3.05, 3.63) is 95.2 Å². The lowest BCUT2D eigenvalue weighted by Crippen LogP contribution is -2.21. The van der Waals surface area contributed by atoms with Gasteiger partial charge >= 0.3 is 0 Å². The zero-order valence-corrected chi connectivity index (χ0v) is 15.3. The van der Waals surface area contributed by atoms with Crippen LogP contribution in [0.1, 0.15) is 15.2 Å². The highest BCUT2D eigenvalue weighted by atomic mass is 32.1. The topological polar surface area (TPSA) is 54.9 Å². The van der Waals surface area contributed by atoms with Gasteiger partial charge in [-0.15, -0.1) is 11.3 Å². The van der Waals surface area contributed by atoms with E-state index in [0.29, 0.717) is 11.4 Å². The Morgan fingerprint density at radius 1 is 0.852 bits per heavy atom. The van der Waals surface area contributed by atoms with Crippen molar-refractivity contribution in [2.24, 2.45) is 0 Å². The molecule has 0 aliphatic carbocycles. The van der Waals surface area contributed by atoms with Crippen LogP contribution in [0.15, 0.2) is 84.8 Å². The molecule has 5 heteroatoms. The second-order valence-electron chi connectivity index (χ2n) is 6.07. The van der Waals surface area contributed by atoms with Crippen LogP contribution in [0.3, 0.4) is 0 Å². The standard InChI is InChI=1S/C22H17N3OS/c26-22(25-11-16-4-2-1-3-5-16)21-10-19(14-27-21)17-6-8-18(9-7-17)20-12-23-15-24-13-20/h1-10,12-15H,11H2,(H,25,26). The summed E-state index contributed by atoms with van der Waals surface area (Å²) in [5.74, 6) is -0.0480. The van der Waals surface area contributed by atoms with Crippen molar-refractivity contribution >= 4 is 17.2 Å². The summed E-state index contributed by atoms with van der Waals surface area (Å²) in [6.07, 6.45) is 5.11. The molecule has 1 amide bonds. The molecule has 0 aliphatic rings. The minimum Gasteiger partial charge on any atom is -0.347 e. The van der Waals surface area contributed by atoms with Gasteiger partial charge in [0.25, 0.3) is 5.91 Å². The average molecular weight is 371 g/mol. The average Bonchev–Trinajstić information content (AvgIpc) is 3.24. The molecule has 2 aromatic heterocycles. The van der Waals surface area contributed by atoms with Crippen molar-refractivity contribution < 1.29 is 4.79 Å². The van der Waals surface area contributed by atoms with E-state index in [1.165, 1.54) is 17.7 Å². The van der Waals surface area contributed by atoms with Gasteiger partial charge in [0.05, 0.1) is 4.88 Å². The maximum absolute atomic E-state index is 12.4. The van der Waals surface area contributed by atoms with Crippen LogP contribution >= 0.6 is 11.3 Å². The van der Waals surface area contributed by atoms with E-state index < -0.39 is 0 Å². The quantitative estimate of drug-likeness (QED) is 0.548. The third kappa shape index (κ3) is 4.10. The molecule has 0 saturated carbocycles. The molecule has 4 aromatic rings. The van der Waals surface area contributed by atoms with Crippen molar-refractivity contribution in [3.63, 3.8) is 0 Å². The van der Waals surface area contributed by atoms with E-state index >= 15 is 0 Å². The van der Waals surface area contributed by atoms with Gasteiger partial charge in [0.15, 0.2) is 0 Å². The number of thiophene rings is 1. The molecule has 0 unspecified atom stereocenters. The van der Waals surface area contributed by atoms with Crippen LogP contribution in [0.25, 0.3) is 22.3 Å². The number of carbonyl (C=O) groups is 1. The van der Waals surface area contributed by atoms with Crippen molar-refractivity contribution in [2.75, 3.05) is 0 Å². The van der Waals surface area contributed by atoms with Crippen molar-refractivity contribution in [1.29, 1.82) is 0 Å². The molecule has 2 aromatic carbocycles. The molecule has 0 atom stereocenters. The molecule has 0 radical (unpaired) electrons. The summed E-state index contributed by atoms with van der Waals surface area (Å²) in [7, 11) is 0. The summed E-state index contributed by atoms with van der Waals surface area (Å²) in [4.78, 5) is 21.2. The van der Waals surface area contributed by atoms with Gasteiger partial charge in [0.2, 0.25) is 0 Å². The molecular formula is C22H17N3OS. The first-order chi connectivity index (χ1) is 13.3. The monoisotopic (exact) mass is 371 g/mol. The van der Waals surface area contributed by atoms with Gasteiger partial charge in [-0.25, -0.2) is 9.97 Å². The minimum atomic E-state index is -0.0480. The van der Waals surface area contributed by atoms with Crippen LogP contribution in [0.2, 0.25) is 0 Å². The second kappa shape index (κ2) is 7.93. The smallest absolute Gasteiger partial charge is 0.261 e. The number of nitrogens with zero attached hydrogens (tertiary/aromatic N) is 2. The first kappa shape index (κ1) is 17.1. The zero-order chi connectivity index (χ0) is 18.5. The zero-order valence-electron chi connectivity index (χ0n) is 14.5. The highest BCUT2D eigenvalue weighted by Gasteiger charge is 2.10. The second-order valence-corrected chi connectivity index (χ2v) is 6.98. The van der Waals surface area contributed by atoms with Gasteiger partial charge in [0.1, 0.15) is 6.33 Å². The van der Waals surface area contributed by atoms with E-state index in [0.717, 1.165) is 27.8 Å². The number of hydrogen-bond acceptors (Lipinski definition) is 4. The van der Waals surface area contributed by atoms with Crippen LogP contribution in [0.4, 0.5) is 0 Å². The molecule has 4 rings (SSSR count). The molecule has 0 aliphatic heterocycles. The molecule has 0 saturated heterocycles. The van der Waals surface area contributed by atoms with Gasteiger partial charge in [-0.05, 0) is 33.7 Å². The van der Waals surface area contributed by atoms with Gasteiger partial charge in [-0.3, -0.25) is 4.79 Å². The van der Waals surface area contributed by atoms with Gasteiger partial charge < -0.3 is 5.32 Å². The fraction of sp³-hybridized carbons (Fsp3) is 0.0455. The Morgan fingerprint density at radius 2 is 1.52 bits per heavy atom. The Hall–Kier alpha value is -3.31. The molecule has 2 heterocycles. The van der Waals surface area contributed by atoms with Crippen LogP contribution in [0, 0.1) is 0 Å². The number of carbonyl (C=O) groups excluding carboxylic acids is 1. The van der Waals surface area contributed by atoms with Crippen LogP contribution in [-0.2, 0) is 6.54 Å². The number of amides is 1. The van der Waals surface area contributed by atoms with Gasteiger partial charge in [-0.2, -0.15) is 0 Å². The normalized spacial score (nSPS) is 10.5. The van der Waals surface area contributed by atoms with Crippen LogP contribution in [-0.4, -0.2) is 15.9 Å². The van der Waals surface area contributed by atoms with Crippen molar-refractivity contribution in [2.45, 2.75) is 6.54 Å². The van der Waals surface area contributed by atoms with E-state index in [-0.39, 0.29) is 5.91 Å². The summed E-state index contributed by atoms with van der Waals surface area (Å²) in [5, 5.41) is 4.98. The summed E-state index contributed by atoms with van der Waals surface area (Å²) >= 11 is 1.46. The lowest BCUT2D eigenvalue weighted by molar-refractivity contribution is 0.0955. The third-order valence-corrected chi connectivity index (χ3v) is 5.16. The minimum absolute atomic E-state index is 0.0480. The lowest BCUT2D eigenvalue weighted by atomic mass is 10.0. The largest absolute Gasteiger partial charge is 0.347 e. The third-order valence-electron chi connectivity index (χ3n) is 4.23. The lowest BCUT2D eigenvalue weighted by Gasteiger charge is -2.03. The van der Waals surface area contributed by atoms with E-state index in [1.807, 2.05) is 53.9 Å². The Kier molecular flexibility index (Phi) is 5.03. The van der Waals surface area contributed by atoms with Crippen LogP contribution in [0.5, 0.6) is 0 Å². The molecule has 0 spiro atoms. The molecule has 4 nitrogen and oxygen atoms in total. The predicted molar refractivity (Wildman–Crippen MR) is 108 cm³/mol. The van der Waals surface area contributed by atoms with E-state index in [2.05, 4.69) is 27.4 Å². The number of nitrogens with one attached hydrogen (secondary N) is 1. The van der Waals surface area contributed by atoms with E-state index in [1.54, 1.807) is 12.4 Å². The Bertz CT molecular complexity index is 1030. The highest BCUT2D eigenvalue weighted by molar-refractivity contribution is 7.12. The fourth-order valence-corrected chi connectivity index (χ4v) is 3.61. The predicted octanol–water partition coefficient (Wildman–Crippen LogP) is 4.80. The molecule has 27 heavy (non-hydrogen) atoms. The van der Waals surface area contributed by atoms with Gasteiger partial charge in [-0.1, -0.05) is 54.6 Å². The summed E-state index contributed by atoms with van der Waals surface area (Å²) in [6.45, 7) is 0.529.